The Bertz CT molecular complexity index is 878. The minimum atomic E-state index is -0.398. The van der Waals surface area contributed by atoms with Gasteiger partial charge in [0.05, 0.1) is 36.9 Å². The fourth-order valence-electron chi connectivity index (χ4n) is 3.87. The molecule has 1 atom stereocenters. The van der Waals surface area contributed by atoms with Gasteiger partial charge in [-0.15, -0.1) is 0 Å². The van der Waals surface area contributed by atoms with E-state index in [0.717, 1.165) is 44.1 Å². The summed E-state index contributed by atoms with van der Waals surface area (Å²) in [5, 5.41) is 3.00. The summed E-state index contributed by atoms with van der Waals surface area (Å²) in [5.41, 5.74) is 3.14. The predicted octanol–water partition coefficient (Wildman–Crippen LogP) is 1.93. The summed E-state index contributed by atoms with van der Waals surface area (Å²) in [7, 11) is 0. The maximum absolute atomic E-state index is 13.0. The van der Waals surface area contributed by atoms with Crippen LogP contribution in [0, 0.1) is 6.92 Å². The Kier molecular flexibility index (Phi) is 5.87. The van der Waals surface area contributed by atoms with Gasteiger partial charge in [0.1, 0.15) is 0 Å². The highest BCUT2D eigenvalue weighted by molar-refractivity contribution is 6.11. The summed E-state index contributed by atoms with van der Waals surface area (Å²) < 4.78 is 5.35. The first-order valence-corrected chi connectivity index (χ1v) is 10.1. The van der Waals surface area contributed by atoms with Gasteiger partial charge in [0.15, 0.2) is 0 Å². The number of hydrogen-bond donors (Lipinski definition) is 1. The molecule has 2 aliphatic heterocycles. The fourth-order valence-corrected chi connectivity index (χ4v) is 3.87. The molecule has 0 radical (unpaired) electrons. The zero-order valence-corrected chi connectivity index (χ0v) is 16.6. The molecule has 7 nitrogen and oxygen atoms in total. The highest BCUT2D eigenvalue weighted by atomic mass is 16.5. The molecule has 1 saturated heterocycles. The second-order valence-electron chi connectivity index (χ2n) is 7.47. The van der Waals surface area contributed by atoms with Crippen LogP contribution < -0.4 is 10.2 Å². The lowest BCUT2D eigenvalue weighted by atomic mass is 10.1. The molecular weight excluding hydrogens is 368 g/mol. The molecule has 2 amide bonds. The quantitative estimate of drug-likeness (QED) is 0.810. The molecular formula is C22H26N4O3. The van der Waals surface area contributed by atoms with Crippen LogP contribution in [0.15, 0.2) is 42.6 Å². The highest BCUT2D eigenvalue weighted by Crippen LogP contribution is 2.38. The van der Waals surface area contributed by atoms with Crippen LogP contribution in [0.3, 0.4) is 0 Å². The molecule has 4 rings (SSSR count). The number of anilines is 1. The third kappa shape index (κ3) is 4.31. The summed E-state index contributed by atoms with van der Waals surface area (Å²) in [5.74, 6) is -0.185. The number of aromatic nitrogens is 1. The molecule has 1 N–H and O–H groups in total. The van der Waals surface area contributed by atoms with Crippen LogP contribution in [0.2, 0.25) is 0 Å². The normalized spacial score (nSPS) is 19.3. The molecule has 2 aliphatic rings. The summed E-state index contributed by atoms with van der Waals surface area (Å²) in [6, 6.07) is 10.9. The van der Waals surface area contributed by atoms with Gasteiger partial charge < -0.3 is 10.1 Å². The van der Waals surface area contributed by atoms with E-state index in [-0.39, 0.29) is 18.2 Å². The largest absolute Gasteiger partial charge is 0.379 e. The van der Waals surface area contributed by atoms with Crippen molar-refractivity contribution >= 4 is 17.5 Å². The van der Waals surface area contributed by atoms with E-state index in [1.807, 2.05) is 31.2 Å². The Hall–Kier alpha value is -2.77. The smallest absolute Gasteiger partial charge is 0.260 e. The van der Waals surface area contributed by atoms with Crippen LogP contribution >= 0.6 is 0 Å². The molecule has 1 unspecified atom stereocenters. The topological polar surface area (TPSA) is 74.8 Å². The number of hydrogen-bond acceptors (Lipinski definition) is 5. The molecule has 1 fully saturated rings. The van der Waals surface area contributed by atoms with E-state index in [1.54, 1.807) is 23.2 Å². The average molecular weight is 394 g/mol. The molecule has 0 bridgehead atoms. The number of pyridine rings is 1. The molecule has 29 heavy (non-hydrogen) atoms. The number of nitrogens with zero attached hydrogens (tertiary/aromatic N) is 3. The molecule has 2 aromatic rings. The van der Waals surface area contributed by atoms with Gasteiger partial charge in [-0.1, -0.05) is 17.7 Å². The number of carbonyl (C=O) groups excluding carboxylic acids is 2. The number of nitrogens with one attached hydrogen (secondary N) is 1. The van der Waals surface area contributed by atoms with E-state index in [9.17, 15) is 9.59 Å². The van der Waals surface area contributed by atoms with E-state index in [2.05, 4.69) is 15.2 Å². The molecule has 0 saturated carbocycles. The summed E-state index contributed by atoms with van der Waals surface area (Å²) in [4.78, 5) is 34.1. The van der Waals surface area contributed by atoms with Crippen LogP contribution in [0.1, 0.15) is 34.1 Å². The standard InChI is InChI=1S/C22H26N4O3/c1-16-4-6-17(7-5-16)26-19(21-18(22(26)28)3-2-8-24-21)15-20(27)23-9-10-25-11-13-29-14-12-25/h2-8,19H,9-15H2,1H3,(H,23,27). The van der Waals surface area contributed by atoms with Crippen molar-refractivity contribution in [1.29, 1.82) is 0 Å². The minimum Gasteiger partial charge on any atom is -0.379 e. The number of benzene rings is 1. The van der Waals surface area contributed by atoms with Gasteiger partial charge in [-0.3, -0.25) is 24.4 Å². The minimum absolute atomic E-state index is 0.0772. The second kappa shape index (κ2) is 8.71. The fraction of sp³-hybridized carbons (Fsp3) is 0.409. The van der Waals surface area contributed by atoms with Crippen molar-refractivity contribution in [3.05, 3.63) is 59.4 Å². The summed E-state index contributed by atoms with van der Waals surface area (Å²) in [6.07, 6.45) is 1.86. The molecule has 0 spiro atoms. The maximum Gasteiger partial charge on any atom is 0.260 e. The predicted molar refractivity (Wildman–Crippen MR) is 110 cm³/mol. The van der Waals surface area contributed by atoms with Gasteiger partial charge in [0, 0.05) is 38.1 Å². The molecule has 1 aromatic heterocycles. The van der Waals surface area contributed by atoms with Crippen LogP contribution in [-0.2, 0) is 9.53 Å². The van der Waals surface area contributed by atoms with Crippen LogP contribution in [-0.4, -0.2) is 61.1 Å². The molecule has 0 aliphatic carbocycles. The van der Waals surface area contributed by atoms with Gasteiger partial charge in [0.2, 0.25) is 5.91 Å². The second-order valence-corrected chi connectivity index (χ2v) is 7.47. The summed E-state index contributed by atoms with van der Waals surface area (Å²) in [6.45, 7) is 6.66. The first-order valence-electron chi connectivity index (χ1n) is 10.1. The molecule has 1 aromatic carbocycles. The van der Waals surface area contributed by atoms with Gasteiger partial charge in [-0.2, -0.15) is 0 Å². The number of rotatable bonds is 6. The van der Waals surface area contributed by atoms with Crippen molar-refractivity contribution in [1.82, 2.24) is 15.2 Å². The van der Waals surface area contributed by atoms with Crippen molar-refractivity contribution < 1.29 is 14.3 Å². The third-order valence-corrected chi connectivity index (χ3v) is 5.46. The zero-order chi connectivity index (χ0) is 20.2. The van der Waals surface area contributed by atoms with Crippen LogP contribution in [0.4, 0.5) is 5.69 Å². The van der Waals surface area contributed by atoms with Crippen molar-refractivity contribution in [3.8, 4) is 0 Å². The Labute approximate surface area is 170 Å². The lowest BCUT2D eigenvalue weighted by molar-refractivity contribution is -0.121. The van der Waals surface area contributed by atoms with Crippen LogP contribution in [0.25, 0.3) is 0 Å². The Morgan fingerprint density at radius 1 is 1.21 bits per heavy atom. The molecule has 3 heterocycles. The van der Waals surface area contributed by atoms with Crippen molar-refractivity contribution in [3.63, 3.8) is 0 Å². The Morgan fingerprint density at radius 3 is 2.72 bits per heavy atom. The lowest BCUT2D eigenvalue weighted by Gasteiger charge is -2.27. The highest BCUT2D eigenvalue weighted by Gasteiger charge is 2.39. The van der Waals surface area contributed by atoms with E-state index < -0.39 is 6.04 Å². The monoisotopic (exact) mass is 394 g/mol. The van der Waals surface area contributed by atoms with E-state index >= 15 is 0 Å². The van der Waals surface area contributed by atoms with Gasteiger partial charge in [0.25, 0.3) is 5.91 Å². The number of amides is 2. The van der Waals surface area contributed by atoms with Crippen molar-refractivity contribution in [2.75, 3.05) is 44.3 Å². The Morgan fingerprint density at radius 2 is 1.97 bits per heavy atom. The maximum atomic E-state index is 13.0. The SMILES string of the molecule is Cc1ccc(N2C(=O)c3cccnc3C2CC(=O)NCCN2CCOCC2)cc1. The van der Waals surface area contributed by atoms with Crippen molar-refractivity contribution in [2.24, 2.45) is 0 Å². The summed E-state index contributed by atoms with van der Waals surface area (Å²) >= 11 is 0. The van der Waals surface area contributed by atoms with Crippen molar-refractivity contribution in [2.45, 2.75) is 19.4 Å². The first kappa shape index (κ1) is 19.5. The van der Waals surface area contributed by atoms with E-state index in [1.165, 1.54) is 0 Å². The van der Waals surface area contributed by atoms with E-state index in [4.69, 9.17) is 4.74 Å². The average Bonchev–Trinajstić information content (AvgIpc) is 3.01. The number of carbonyl (C=O) groups is 2. The lowest BCUT2D eigenvalue weighted by Crippen LogP contribution is -2.42. The number of ether oxygens (including phenoxy) is 1. The van der Waals surface area contributed by atoms with Crippen LogP contribution in [0.5, 0.6) is 0 Å². The van der Waals surface area contributed by atoms with Gasteiger partial charge in [-0.05, 0) is 31.2 Å². The van der Waals surface area contributed by atoms with E-state index in [0.29, 0.717) is 17.8 Å². The number of aryl methyl sites for hydroxylation is 1. The van der Waals surface area contributed by atoms with Gasteiger partial charge >= 0.3 is 0 Å². The Balaban J connectivity index is 1.46. The zero-order valence-electron chi connectivity index (χ0n) is 16.6. The first-order chi connectivity index (χ1) is 14.1. The number of fused-ring (bicyclic) bond motifs is 1. The third-order valence-electron chi connectivity index (χ3n) is 5.46. The molecule has 152 valence electrons. The van der Waals surface area contributed by atoms with Gasteiger partial charge in [-0.25, -0.2) is 0 Å². The molecule has 7 heteroatoms. The number of morpholine rings is 1.